The average molecular weight is 420 g/mol. The Bertz CT molecular complexity index is 921. The Hall–Kier alpha value is -2.26. The van der Waals surface area contributed by atoms with Gasteiger partial charge in [-0.25, -0.2) is 13.8 Å². The third kappa shape index (κ3) is 3.57. The number of nitrogens with zero attached hydrogens (tertiary/aromatic N) is 3. The van der Waals surface area contributed by atoms with Gasteiger partial charge in [-0.1, -0.05) is 11.3 Å². The van der Waals surface area contributed by atoms with Crippen LogP contribution in [0, 0.1) is 11.6 Å². The van der Waals surface area contributed by atoms with E-state index in [4.69, 9.17) is 9.72 Å². The highest BCUT2D eigenvalue weighted by Crippen LogP contribution is 2.38. The number of nitrogens with one attached hydrogen (secondary N) is 1. The van der Waals surface area contributed by atoms with Crippen LogP contribution in [0.4, 0.5) is 13.9 Å². The molecule has 2 aromatic rings. The molecule has 0 radical (unpaired) electrons. The van der Waals surface area contributed by atoms with Crippen molar-refractivity contribution in [1.82, 2.24) is 15.2 Å². The minimum absolute atomic E-state index is 0.119. The number of amides is 1. The number of halogens is 2. The normalized spacial score (nSPS) is 23.2. The van der Waals surface area contributed by atoms with E-state index in [2.05, 4.69) is 10.2 Å². The fourth-order valence-corrected chi connectivity index (χ4v) is 5.68. The molecule has 29 heavy (non-hydrogen) atoms. The van der Waals surface area contributed by atoms with Crippen molar-refractivity contribution in [3.8, 4) is 5.75 Å². The summed E-state index contributed by atoms with van der Waals surface area (Å²) in [5, 5.41) is 4.56. The Labute approximate surface area is 171 Å². The molecule has 9 heteroatoms. The van der Waals surface area contributed by atoms with E-state index < -0.39 is 11.6 Å². The van der Waals surface area contributed by atoms with Gasteiger partial charge in [-0.3, -0.25) is 4.79 Å². The van der Waals surface area contributed by atoms with Gasteiger partial charge in [0.2, 0.25) is 0 Å². The van der Waals surface area contributed by atoms with Crippen LogP contribution in [0.2, 0.25) is 0 Å². The first-order chi connectivity index (χ1) is 14.1. The number of benzene rings is 1. The molecule has 1 N–H and O–H groups in total. The van der Waals surface area contributed by atoms with Crippen LogP contribution in [0.3, 0.4) is 0 Å². The number of ether oxygens (including phenoxy) is 1. The van der Waals surface area contributed by atoms with Crippen LogP contribution < -0.4 is 15.0 Å². The first-order valence-electron chi connectivity index (χ1n) is 9.92. The summed E-state index contributed by atoms with van der Waals surface area (Å²) < 4.78 is 31.9. The Balaban J connectivity index is 1.24. The lowest BCUT2D eigenvalue weighted by atomic mass is 10.2. The standard InChI is InChI=1S/C20H22F2N4O2S/c21-12-1-4-17(15(22)7-12)28-11-19(27)25-6-5-16-18(10-25)29-20(24-16)26-13-2-3-14(26)9-23-8-13/h1,4,7,13-14,23H,2-3,5-6,8-11H2. The molecule has 1 aromatic heterocycles. The molecule has 154 valence electrons. The zero-order valence-corrected chi connectivity index (χ0v) is 16.7. The van der Waals surface area contributed by atoms with E-state index in [-0.39, 0.29) is 18.3 Å². The maximum atomic E-state index is 13.7. The molecule has 0 aliphatic carbocycles. The molecule has 1 aromatic carbocycles. The van der Waals surface area contributed by atoms with E-state index in [0.29, 0.717) is 31.6 Å². The molecule has 2 unspecified atom stereocenters. The fourth-order valence-electron chi connectivity index (χ4n) is 4.42. The minimum Gasteiger partial charge on any atom is -0.481 e. The maximum absolute atomic E-state index is 13.7. The Kier molecular flexibility index (Phi) is 4.87. The molecule has 4 heterocycles. The predicted octanol–water partition coefficient (Wildman–Crippen LogP) is 2.33. The van der Waals surface area contributed by atoms with Crippen LogP contribution >= 0.6 is 11.3 Å². The van der Waals surface area contributed by atoms with Gasteiger partial charge >= 0.3 is 0 Å². The number of hydrogen-bond donors (Lipinski definition) is 1. The smallest absolute Gasteiger partial charge is 0.260 e. The molecule has 0 saturated carbocycles. The Morgan fingerprint density at radius 2 is 2.07 bits per heavy atom. The van der Waals surface area contributed by atoms with Crippen molar-refractivity contribution in [2.75, 3.05) is 31.1 Å². The topological polar surface area (TPSA) is 57.7 Å². The van der Waals surface area contributed by atoms with Crippen LogP contribution in [0.5, 0.6) is 5.75 Å². The molecule has 0 spiro atoms. The molecular formula is C20H22F2N4O2S. The second-order valence-corrected chi connectivity index (χ2v) is 8.81. The van der Waals surface area contributed by atoms with Crippen molar-refractivity contribution in [3.63, 3.8) is 0 Å². The molecule has 1 amide bonds. The van der Waals surface area contributed by atoms with Crippen LogP contribution in [-0.4, -0.2) is 54.1 Å². The second kappa shape index (κ2) is 7.53. The molecular weight excluding hydrogens is 398 g/mol. The third-order valence-electron chi connectivity index (χ3n) is 5.92. The summed E-state index contributed by atoms with van der Waals surface area (Å²) >= 11 is 1.68. The summed E-state index contributed by atoms with van der Waals surface area (Å²) in [4.78, 5) is 22.7. The Morgan fingerprint density at radius 1 is 1.28 bits per heavy atom. The molecule has 2 atom stereocenters. The number of fused-ring (bicyclic) bond motifs is 3. The van der Waals surface area contributed by atoms with Gasteiger partial charge < -0.3 is 19.9 Å². The van der Waals surface area contributed by atoms with Gasteiger partial charge in [0, 0.05) is 49.1 Å². The monoisotopic (exact) mass is 420 g/mol. The molecule has 6 nitrogen and oxygen atoms in total. The van der Waals surface area contributed by atoms with Crippen LogP contribution in [0.25, 0.3) is 0 Å². The van der Waals surface area contributed by atoms with Crippen molar-refractivity contribution in [3.05, 3.63) is 40.4 Å². The summed E-state index contributed by atoms with van der Waals surface area (Å²) in [6.45, 7) is 2.80. The predicted molar refractivity (Wildman–Crippen MR) is 105 cm³/mol. The lowest BCUT2D eigenvalue weighted by Gasteiger charge is -2.35. The van der Waals surface area contributed by atoms with Crippen molar-refractivity contribution in [1.29, 1.82) is 0 Å². The van der Waals surface area contributed by atoms with Crippen molar-refractivity contribution in [2.45, 2.75) is 37.9 Å². The van der Waals surface area contributed by atoms with E-state index in [1.807, 2.05) is 0 Å². The van der Waals surface area contributed by atoms with E-state index >= 15 is 0 Å². The highest BCUT2D eigenvalue weighted by atomic mass is 32.1. The van der Waals surface area contributed by atoms with Gasteiger partial charge in [-0.05, 0) is 25.0 Å². The number of thiazole rings is 1. The number of carbonyl (C=O) groups excluding carboxylic acids is 1. The van der Waals surface area contributed by atoms with E-state index in [0.717, 1.165) is 40.9 Å². The summed E-state index contributed by atoms with van der Waals surface area (Å²) in [5.74, 6) is -1.82. The molecule has 5 rings (SSSR count). The molecule has 2 fully saturated rings. The van der Waals surface area contributed by atoms with Crippen molar-refractivity contribution >= 4 is 22.4 Å². The first kappa shape index (κ1) is 18.7. The highest BCUT2D eigenvalue weighted by Gasteiger charge is 2.39. The van der Waals surface area contributed by atoms with E-state index in [9.17, 15) is 13.6 Å². The second-order valence-electron chi connectivity index (χ2n) is 7.75. The lowest BCUT2D eigenvalue weighted by Crippen LogP contribution is -2.51. The summed E-state index contributed by atoms with van der Waals surface area (Å²) in [5.41, 5.74) is 1.08. The molecule has 3 aliphatic rings. The molecule has 2 saturated heterocycles. The number of carbonyl (C=O) groups is 1. The number of hydrogen-bond acceptors (Lipinski definition) is 6. The third-order valence-corrected chi connectivity index (χ3v) is 7.01. The zero-order chi connectivity index (χ0) is 20.0. The van der Waals surface area contributed by atoms with Gasteiger partial charge in [0.05, 0.1) is 12.2 Å². The number of aromatic nitrogens is 1. The summed E-state index contributed by atoms with van der Waals surface area (Å²) in [6, 6.07) is 4.08. The largest absolute Gasteiger partial charge is 0.481 e. The quantitative estimate of drug-likeness (QED) is 0.823. The Morgan fingerprint density at radius 3 is 2.83 bits per heavy atom. The van der Waals surface area contributed by atoms with Gasteiger partial charge in [0.15, 0.2) is 23.3 Å². The lowest BCUT2D eigenvalue weighted by molar-refractivity contribution is -0.134. The van der Waals surface area contributed by atoms with Crippen LogP contribution in [0.1, 0.15) is 23.4 Å². The van der Waals surface area contributed by atoms with Crippen molar-refractivity contribution < 1.29 is 18.3 Å². The number of piperazine rings is 1. The summed E-state index contributed by atoms with van der Waals surface area (Å²) in [6.07, 6.45) is 3.11. The average Bonchev–Trinajstić information content (AvgIpc) is 3.23. The molecule has 3 aliphatic heterocycles. The number of rotatable bonds is 4. The van der Waals surface area contributed by atoms with Gasteiger partial charge in [-0.15, -0.1) is 0 Å². The zero-order valence-electron chi connectivity index (χ0n) is 15.9. The molecule has 2 bridgehead atoms. The van der Waals surface area contributed by atoms with E-state index in [1.54, 1.807) is 16.2 Å². The minimum atomic E-state index is -0.809. The van der Waals surface area contributed by atoms with Gasteiger partial charge in [0.1, 0.15) is 5.82 Å². The van der Waals surface area contributed by atoms with E-state index in [1.165, 1.54) is 18.9 Å². The fraction of sp³-hybridized carbons (Fsp3) is 0.500. The van der Waals surface area contributed by atoms with Gasteiger partial charge in [0.25, 0.3) is 5.91 Å². The van der Waals surface area contributed by atoms with Crippen molar-refractivity contribution in [2.24, 2.45) is 0 Å². The number of anilines is 1. The van der Waals surface area contributed by atoms with Crippen LogP contribution in [-0.2, 0) is 17.8 Å². The first-order valence-corrected chi connectivity index (χ1v) is 10.7. The van der Waals surface area contributed by atoms with Gasteiger partial charge in [-0.2, -0.15) is 0 Å². The SMILES string of the molecule is O=C(COc1ccc(F)cc1F)N1CCc2nc(N3C4CCC3CNC4)sc2C1. The highest BCUT2D eigenvalue weighted by molar-refractivity contribution is 7.15. The maximum Gasteiger partial charge on any atom is 0.260 e. The summed E-state index contributed by atoms with van der Waals surface area (Å²) in [7, 11) is 0. The van der Waals surface area contributed by atoms with Crippen LogP contribution in [0.15, 0.2) is 18.2 Å².